The first-order valence-electron chi connectivity index (χ1n) is 11.1. The Labute approximate surface area is 184 Å². The lowest BCUT2D eigenvalue weighted by atomic mass is 9.70. The number of carbonyl (C=O) groups excluding carboxylic acids is 1. The molecule has 0 bridgehead atoms. The number of ether oxygens (including phenoxy) is 1. The Morgan fingerprint density at radius 2 is 1.75 bits per heavy atom. The molecule has 7 heteroatoms. The zero-order chi connectivity index (χ0) is 22.2. The van der Waals surface area contributed by atoms with Gasteiger partial charge in [0.15, 0.2) is 0 Å². The van der Waals surface area contributed by atoms with E-state index in [-0.39, 0.29) is 29.1 Å². The highest BCUT2D eigenvalue weighted by Crippen LogP contribution is 2.48. The van der Waals surface area contributed by atoms with E-state index in [1.54, 1.807) is 12.1 Å². The lowest BCUT2D eigenvalue weighted by molar-refractivity contribution is -0.128. The van der Waals surface area contributed by atoms with Crippen LogP contribution in [0.15, 0.2) is 36.4 Å². The molecule has 1 saturated carbocycles. The molecule has 168 valence electrons. The third-order valence-corrected chi connectivity index (χ3v) is 6.82. The second-order valence-corrected chi connectivity index (χ2v) is 8.90. The molecule has 2 aliphatic rings. The topological polar surface area (TPSA) is 54.1 Å². The quantitative estimate of drug-likeness (QED) is 0.564. The SMILES string of the molecule is O=C(NCC1CCOCC1)[C@H]1C[C@H](c2c(-c3ccc(F)cc3)[nH]c3c(F)cc(F)cc32)C1. The number of benzene rings is 2. The molecule has 0 unspecified atom stereocenters. The number of fused-ring (bicyclic) bond motifs is 1. The van der Waals surface area contributed by atoms with Gasteiger partial charge in [-0.2, -0.15) is 0 Å². The van der Waals surface area contributed by atoms with Crippen LogP contribution in [0.4, 0.5) is 13.2 Å². The summed E-state index contributed by atoms with van der Waals surface area (Å²) in [4.78, 5) is 15.7. The van der Waals surface area contributed by atoms with Crippen LogP contribution >= 0.6 is 0 Å². The van der Waals surface area contributed by atoms with Gasteiger partial charge in [-0.1, -0.05) is 0 Å². The van der Waals surface area contributed by atoms with Gasteiger partial charge in [-0.15, -0.1) is 0 Å². The first kappa shape index (κ1) is 21.1. The van der Waals surface area contributed by atoms with Crippen LogP contribution in [0.3, 0.4) is 0 Å². The van der Waals surface area contributed by atoms with Crippen molar-refractivity contribution in [2.45, 2.75) is 31.6 Å². The van der Waals surface area contributed by atoms with E-state index in [2.05, 4.69) is 10.3 Å². The number of rotatable bonds is 5. The lowest BCUT2D eigenvalue weighted by Crippen LogP contribution is -2.40. The fraction of sp³-hybridized carbons (Fsp3) is 0.400. The van der Waals surface area contributed by atoms with Gasteiger partial charge in [0.25, 0.3) is 0 Å². The molecule has 1 aliphatic heterocycles. The van der Waals surface area contributed by atoms with E-state index in [4.69, 9.17) is 4.74 Å². The minimum absolute atomic E-state index is 0.0103. The first-order valence-corrected chi connectivity index (χ1v) is 11.1. The second kappa shape index (κ2) is 8.62. The molecule has 3 aromatic rings. The number of aromatic nitrogens is 1. The minimum atomic E-state index is -0.667. The summed E-state index contributed by atoms with van der Waals surface area (Å²) >= 11 is 0. The highest BCUT2D eigenvalue weighted by atomic mass is 19.1. The number of amides is 1. The van der Waals surface area contributed by atoms with Gasteiger partial charge in [0.05, 0.1) is 11.2 Å². The molecule has 1 aromatic heterocycles. The Kier molecular flexibility index (Phi) is 5.67. The molecule has 2 fully saturated rings. The van der Waals surface area contributed by atoms with Crippen molar-refractivity contribution >= 4 is 16.8 Å². The summed E-state index contributed by atoms with van der Waals surface area (Å²) < 4.78 is 47.3. The summed E-state index contributed by atoms with van der Waals surface area (Å²) in [6.45, 7) is 2.14. The minimum Gasteiger partial charge on any atom is -0.381 e. The number of halogens is 3. The smallest absolute Gasteiger partial charge is 0.223 e. The van der Waals surface area contributed by atoms with Gasteiger partial charge in [-0.05, 0) is 79.0 Å². The zero-order valence-electron chi connectivity index (χ0n) is 17.6. The Morgan fingerprint density at radius 1 is 1.03 bits per heavy atom. The van der Waals surface area contributed by atoms with Crippen molar-refractivity contribution in [2.24, 2.45) is 11.8 Å². The van der Waals surface area contributed by atoms with Crippen LogP contribution in [0.5, 0.6) is 0 Å². The van der Waals surface area contributed by atoms with Gasteiger partial charge in [0.2, 0.25) is 5.91 Å². The molecule has 32 heavy (non-hydrogen) atoms. The Hall–Kier alpha value is -2.80. The normalized spacial score (nSPS) is 21.5. The molecule has 5 rings (SSSR count). The highest BCUT2D eigenvalue weighted by Gasteiger charge is 2.38. The van der Waals surface area contributed by atoms with Gasteiger partial charge in [-0.3, -0.25) is 4.79 Å². The first-order chi connectivity index (χ1) is 15.5. The van der Waals surface area contributed by atoms with Crippen molar-refractivity contribution in [3.63, 3.8) is 0 Å². The van der Waals surface area contributed by atoms with Crippen molar-refractivity contribution in [1.82, 2.24) is 10.3 Å². The predicted molar refractivity (Wildman–Crippen MR) is 116 cm³/mol. The van der Waals surface area contributed by atoms with Crippen LogP contribution < -0.4 is 5.32 Å². The van der Waals surface area contributed by atoms with Gasteiger partial charge in [0, 0.05) is 37.1 Å². The van der Waals surface area contributed by atoms with Crippen LogP contribution in [0, 0.1) is 29.3 Å². The van der Waals surface area contributed by atoms with E-state index in [1.807, 2.05) is 0 Å². The van der Waals surface area contributed by atoms with E-state index < -0.39 is 11.6 Å². The van der Waals surface area contributed by atoms with Gasteiger partial charge >= 0.3 is 0 Å². The molecular weight excluding hydrogens is 417 g/mol. The number of nitrogens with one attached hydrogen (secondary N) is 2. The van der Waals surface area contributed by atoms with Gasteiger partial charge in [-0.25, -0.2) is 13.2 Å². The van der Waals surface area contributed by atoms with Crippen LogP contribution in [-0.2, 0) is 9.53 Å². The number of H-pyrrole nitrogens is 1. The summed E-state index contributed by atoms with van der Waals surface area (Å²) in [5.74, 6) is -1.33. The van der Waals surface area contributed by atoms with Crippen molar-refractivity contribution in [3.8, 4) is 11.3 Å². The summed E-state index contributed by atoms with van der Waals surface area (Å²) in [7, 11) is 0. The summed E-state index contributed by atoms with van der Waals surface area (Å²) in [5, 5.41) is 3.54. The maximum Gasteiger partial charge on any atom is 0.223 e. The number of carbonyl (C=O) groups is 1. The molecule has 1 saturated heterocycles. The largest absolute Gasteiger partial charge is 0.381 e. The van der Waals surface area contributed by atoms with E-state index >= 15 is 0 Å². The predicted octanol–water partition coefficient (Wildman–Crippen LogP) is 5.29. The van der Waals surface area contributed by atoms with Crippen molar-refractivity contribution in [3.05, 3.63) is 59.4 Å². The molecule has 2 N–H and O–H groups in total. The third kappa shape index (κ3) is 4.01. The van der Waals surface area contributed by atoms with Crippen LogP contribution in [0.2, 0.25) is 0 Å². The van der Waals surface area contributed by atoms with E-state index in [9.17, 15) is 18.0 Å². The van der Waals surface area contributed by atoms with Gasteiger partial charge in [0.1, 0.15) is 17.5 Å². The number of hydrogen-bond donors (Lipinski definition) is 2. The maximum atomic E-state index is 14.5. The van der Waals surface area contributed by atoms with Gasteiger partial charge < -0.3 is 15.0 Å². The molecule has 1 aliphatic carbocycles. The van der Waals surface area contributed by atoms with Crippen LogP contribution in [-0.4, -0.2) is 30.6 Å². The molecule has 1 amide bonds. The third-order valence-electron chi connectivity index (χ3n) is 6.82. The molecule has 0 spiro atoms. The maximum absolute atomic E-state index is 14.5. The summed E-state index contributed by atoms with van der Waals surface area (Å²) in [6, 6.07) is 8.10. The molecule has 0 atom stereocenters. The average molecular weight is 442 g/mol. The Morgan fingerprint density at radius 3 is 2.47 bits per heavy atom. The molecular formula is C25H25F3N2O2. The summed E-state index contributed by atoms with van der Waals surface area (Å²) in [5.41, 5.74) is 2.37. The lowest BCUT2D eigenvalue weighted by Gasteiger charge is -2.35. The molecule has 2 aromatic carbocycles. The second-order valence-electron chi connectivity index (χ2n) is 8.90. The molecule has 4 nitrogen and oxygen atoms in total. The van der Waals surface area contributed by atoms with E-state index in [1.165, 1.54) is 18.2 Å². The van der Waals surface area contributed by atoms with Crippen LogP contribution in [0.25, 0.3) is 22.2 Å². The monoisotopic (exact) mass is 442 g/mol. The average Bonchev–Trinajstić information content (AvgIpc) is 3.12. The van der Waals surface area contributed by atoms with E-state index in [0.29, 0.717) is 41.9 Å². The number of aromatic amines is 1. The highest BCUT2D eigenvalue weighted by molar-refractivity contribution is 5.92. The van der Waals surface area contributed by atoms with Crippen molar-refractivity contribution in [1.29, 1.82) is 0 Å². The fourth-order valence-electron chi connectivity index (χ4n) is 4.92. The number of hydrogen-bond acceptors (Lipinski definition) is 2. The summed E-state index contributed by atoms with van der Waals surface area (Å²) in [6.07, 6.45) is 3.14. The van der Waals surface area contributed by atoms with Crippen LogP contribution in [0.1, 0.15) is 37.2 Å². The molecule has 2 heterocycles. The van der Waals surface area contributed by atoms with Crippen molar-refractivity contribution < 1.29 is 22.7 Å². The fourth-order valence-corrected chi connectivity index (χ4v) is 4.92. The standard InChI is InChI=1S/C25H25F3N2O2/c26-18-3-1-15(2-4-18)23-22(20-11-19(27)12-21(28)24(20)30-23)16-9-17(10-16)25(31)29-13-14-5-7-32-8-6-14/h1-4,11-12,14,16-17,30H,5-10,13H2,(H,29,31)/t16-,17-. The van der Waals surface area contributed by atoms with E-state index in [0.717, 1.165) is 37.7 Å². The Bertz CT molecular complexity index is 1130. The van der Waals surface area contributed by atoms with Crippen molar-refractivity contribution in [2.75, 3.05) is 19.8 Å². The molecule has 0 radical (unpaired) electrons. The Balaban J connectivity index is 1.37. The zero-order valence-corrected chi connectivity index (χ0v) is 17.6.